The fourth-order valence-electron chi connectivity index (χ4n) is 1.53. The number of nitrogens with zero attached hydrogens (tertiary/aromatic N) is 1. The van der Waals surface area contributed by atoms with Gasteiger partial charge in [0.15, 0.2) is 0 Å². The van der Waals surface area contributed by atoms with Crippen LogP contribution < -0.4 is 10.1 Å². The molecule has 1 rings (SSSR count). The van der Waals surface area contributed by atoms with Crippen LogP contribution in [0.25, 0.3) is 0 Å². The average molecular weight is 315 g/mol. The number of rotatable bonds is 7. The van der Waals surface area contributed by atoms with E-state index >= 15 is 0 Å². The first-order chi connectivity index (χ1) is 9.90. The molecule has 0 spiro atoms. The number of urea groups is 1. The Morgan fingerprint density at radius 3 is 2.71 bits per heavy atom. The molecule has 0 fully saturated rings. The quantitative estimate of drug-likeness (QED) is 0.809. The van der Waals surface area contributed by atoms with Crippen LogP contribution in [0.1, 0.15) is 13.3 Å². The number of halogens is 1. The number of para-hydroxylation sites is 1. The zero-order chi connectivity index (χ0) is 15.8. The summed E-state index contributed by atoms with van der Waals surface area (Å²) in [4.78, 5) is 23.5. The van der Waals surface area contributed by atoms with Crippen molar-refractivity contribution in [3.63, 3.8) is 0 Å². The molecule has 2 N–H and O–H groups in total. The summed E-state index contributed by atoms with van der Waals surface area (Å²) in [7, 11) is 1.54. The van der Waals surface area contributed by atoms with Gasteiger partial charge in [0.1, 0.15) is 11.9 Å². The van der Waals surface area contributed by atoms with Gasteiger partial charge in [0, 0.05) is 13.6 Å². The highest BCUT2D eigenvalue weighted by Gasteiger charge is 2.12. The van der Waals surface area contributed by atoms with Crippen LogP contribution in [0.4, 0.5) is 4.79 Å². The Morgan fingerprint density at radius 2 is 2.10 bits per heavy atom. The molecule has 116 valence electrons. The lowest BCUT2D eigenvalue weighted by Crippen LogP contribution is -2.42. The Bertz CT molecular complexity index is 496. The number of amides is 2. The molecule has 1 unspecified atom stereocenters. The number of carboxylic acid groups (broad SMARTS) is 1. The Hall–Kier alpha value is -1.95. The van der Waals surface area contributed by atoms with Crippen LogP contribution in [-0.2, 0) is 4.79 Å². The van der Waals surface area contributed by atoms with Gasteiger partial charge in [-0.05, 0) is 19.1 Å². The first-order valence-corrected chi connectivity index (χ1v) is 6.90. The highest BCUT2D eigenvalue weighted by atomic mass is 35.5. The molecule has 6 nitrogen and oxygen atoms in total. The Balaban J connectivity index is 2.35. The molecule has 0 aliphatic rings. The highest BCUT2D eigenvalue weighted by Crippen LogP contribution is 2.23. The van der Waals surface area contributed by atoms with Crippen molar-refractivity contribution in [1.82, 2.24) is 10.2 Å². The van der Waals surface area contributed by atoms with Gasteiger partial charge >= 0.3 is 12.0 Å². The fourth-order valence-corrected chi connectivity index (χ4v) is 1.71. The summed E-state index contributed by atoms with van der Waals surface area (Å²) >= 11 is 5.98. The third kappa shape index (κ3) is 6.35. The molecule has 1 atom stereocenters. The van der Waals surface area contributed by atoms with Crippen molar-refractivity contribution in [3.05, 3.63) is 29.3 Å². The molecule has 21 heavy (non-hydrogen) atoms. The number of ether oxygens (including phenoxy) is 1. The summed E-state index contributed by atoms with van der Waals surface area (Å²) < 4.78 is 5.61. The van der Waals surface area contributed by atoms with E-state index in [-0.39, 0.29) is 25.1 Å². The predicted octanol–water partition coefficient (Wildman–Crippen LogP) is 2.22. The van der Waals surface area contributed by atoms with E-state index in [9.17, 15) is 9.59 Å². The topological polar surface area (TPSA) is 78.9 Å². The Kier molecular flexibility index (Phi) is 6.81. The standard InChI is InChI=1S/C14H19ClN2O4/c1-10(21-12-6-4-3-5-11(12)15)9-16-14(20)17(2)8-7-13(18)19/h3-6,10H,7-9H2,1-2H3,(H,16,20)(H,18,19). The van der Waals surface area contributed by atoms with Crippen LogP contribution in [0.5, 0.6) is 5.75 Å². The van der Waals surface area contributed by atoms with Gasteiger partial charge in [-0.25, -0.2) is 4.79 Å². The van der Waals surface area contributed by atoms with Gasteiger partial charge < -0.3 is 20.1 Å². The Morgan fingerprint density at radius 1 is 1.43 bits per heavy atom. The van der Waals surface area contributed by atoms with Crippen LogP contribution >= 0.6 is 11.6 Å². The molecule has 0 saturated carbocycles. The van der Waals surface area contributed by atoms with E-state index in [1.54, 1.807) is 25.1 Å². The summed E-state index contributed by atoms with van der Waals surface area (Å²) in [5.74, 6) is -0.384. The first kappa shape index (κ1) is 17.1. The number of carbonyl (C=O) groups is 2. The van der Waals surface area contributed by atoms with Gasteiger partial charge in [-0.3, -0.25) is 4.79 Å². The lowest BCUT2D eigenvalue weighted by molar-refractivity contribution is -0.137. The number of carbonyl (C=O) groups excluding carboxylic acids is 1. The number of benzene rings is 1. The smallest absolute Gasteiger partial charge is 0.317 e. The van der Waals surface area contributed by atoms with E-state index < -0.39 is 5.97 Å². The van der Waals surface area contributed by atoms with Crippen LogP contribution in [0.15, 0.2) is 24.3 Å². The van der Waals surface area contributed by atoms with E-state index in [1.165, 1.54) is 11.9 Å². The molecule has 0 heterocycles. The van der Waals surface area contributed by atoms with Crippen LogP contribution in [-0.4, -0.2) is 48.2 Å². The highest BCUT2D eigenvalue weighted by molar-refractivity contribution is 6.32. The van der Waals surface area contributed by atoms with Gasteiger partial charge in [-0.15, -0.1) is 0 Å². The molecule has 0 aromatic heterocycles. The van der Waals surface area contributed by atoms with E-state index in [2.05, 4.69) is 5.32 Å². The fraction of sp³-hybridized carbons (Fsp3) is 0.429. The Labute approximate surface area is 128 Å². The van der Waals surface area contributed by atoms with Gasteiger partial charge in [0.2, 0.25) is 0 Å². The second-order valence-corrected chi connectivity index (χ2v) is 5.02. The number of aliphatic carboxylic acids is 1. The first-order valence-electron chi connectivity index (χ1n) is 6.52. The number of hydrogen-bond donors (Lipinski definition) is 2. The molecular weight excluding hydrogens is 296 g/mol. The zero-order valence-corrected chi connectivity index (χ0v) is 12.8. The summed E-state index contributed by atoms with van der Waals surface area (Å²) in [6.07, 6.45) is -0.350. The minimum Gasteiger partial charge on any atom is -0.487 e. The molecule has 0 saturated heterocycles. The third-order valence-corrected chi connectivity index (χ3v) is 3.03. The van der Waals surface area contributed by atoms with Crippen LogP contribution in [0.2, 0.25) is 5.02 Å². The molecule has 7 heteroatoms. The zero-order valence-electron chi connectivity index (χ0n) is 12.0. The molecular formula is C14H19ClN2O4. The third-order valence-electron chi connectivity index (χ3n) is 2.71. The van der Waals surface area contributed by atoms with Crippen molar-refractivity contribution in [1.29, 1.82) is 0 Å². The average Bonchev–Trinajstić information content (AvgIpc) is 2.44. The van der Waals surface area contributed by atoms with Crippen molar-refractivity contribution in [3.8, 4) is 5.75 Å². The van der Waals surface area contributed by atoms with Crippen molar-refractivity contribution in [2.24, 2.45) is 0 Å². The van der Waals surface area contributed by atoms with Gasteiger partial charge in [0.05, 0.1) is 18.0 Å². The minimum atomic E-state index is -0.940. The van der Waals surface area contributed by atoms with Gasteiger partial charge in [-0.1, -0.05) is 23.7 Å². The summed E-state index contributed by atoms with van der Waals surface area (Å²) in [6.45, 7) is 2.25. The second-order valence-electron chi connectivity index (χ2n) is 4.61. The minimum absolute atomic E-state index is 0.0877. The summed E-state index contributed by atoms with van der Waals surface area (Å²) in [5, 5.41) is 11.7. The normalized spacial score (nSPS) is 11.6. The monoisotopic (exact) mass is 314 g/mol. The molecule has 1 aromatic carbocycles. The van der Waals surface area contributed by atoms with E-state index in [0.717, 1.165) is 0 Å². The SMILES string of the molecule is CC(CNC(=O)N(C)CCC(=O)O)Oc1ccccc1Cl. The van der Waals surface area contributed by atoms with Gasteiger partial charge in [-0.2, -0.15) is 0 Å². The lowest BCUT2D eigenvalue weighted by atomic mass is 10.3. The molecule has 0 radical (unpaired) electrons. The lowest BCUT2D eigenvalue weighted by Gasteiger charge is -2.20. The molecule has 0 aliphatic heterocycles. The van der Waals surface area contributed by atoms with Crippen molar-refractivity contribution < 1.29 is 19.4 Å². The molecule has 0 aliphatic carbocycles. The molecule has 2 amide bonds. The van der Waals surface area contributed by atoms with Crippen molar-refractivity contribution >= 4 is 23.6 Å². The number of carboxylic acids is 1. The largest absolute Gasteiger partial charge is 0.487 e. The van der Waals surface area contributed by atoms with Gasteiger partial charge in [0.25, 0.3) is 0 Å². The molecule has 1 aromatic rings. The van der Waals surface area contributed by atoms with Crippen LogP contribution in [0, 0.1) is 0 Å². The maximum atomic E-state index is 11.7. The van der Waals surface area contributed by atoms with E-state index in [4.69, 9.17) is 21.4 Å². The molecule has 0 bridgehead atoms. The van der Waals surface area contributed by atoms with E-state index in [0.29, 0.717) is 17.3 Å². The maximum Gasteiger partial charge on any atom is 0.317 e. The van der Waals surface area contributed by atoms with Crippen molar-refractivity contribution in [2.45, 2.75) is 19.4 Å². The van der Waals surface area contributed by atoms with Crippen molar-refractivity contribution in [2.75, 3.05) is 20.1 Å². The number of nitrogens with one attached hydrogen (secondary N) is 1. The van der Waals surface area contributed by atoms with Crippen LogP contribution in [0.3, 0.4) is 0 Å². The summed E-state index contributed by atoms with van der Waals surface area (Å²) in [5.41, 5.74) is 0. The summed E-state index contributed by atoms with van der Waals surface area (Å²) in [6, 6.07) is 6.75. The number of hydrogen-bond acceptors (Lipinski definition) is 3. The second kappa shape index (κ2) is 8.36. The maximum absolute atomic E-state index is 11.7. The van der Waals surface area contributed by atoms with E-state index in [1.807, 2.05) is 6.07 Å². The predicted molar refractivity (Wildman–Crippen MR) is 79.8 cm³/mol.